The minimum atomic E-state index is -0.558. The lowest BCUT2D eigenvalue weighted by atomic mass is 10.2. The number of nitrogens with one attached hydrogen (secondary N) is 1. The zero-order valence-corrected chi connectivity index (χ0v) is 15.9. The molecule has 9 nitrogen and oxygen atoms in total. The molecule has 2 aromatic carbocycles. The van der Waals surface area contributed by atoms with E-state index in [1.807, 2.05) is 54.6 Å². The fourth-order valence-corrected chi connectivity index (χ4v) is 2.53. The molecule has 0 aliphatic carbocycles. The van der Waals surface area contributed by atoms with Crippen LogP contribution in [-0.2, 0) is 9.53 Å². The number of methoxy groups -OCH3 is 1. The standard InChI is InChI=1S/C20H21N7O2/c1-29-12-11-23-19(28)16(21)25-20(22)27-18-14-9-5-6-10-15(14)24-17(26-18)13-7-3-2-4-8-13/h2-10H,11-12H2,1H3,(H,23,28)(H4,21,22,24,25,26,27). The second-order valence-corrected chi connectivity index (χ2v) is 5.97. The van der Waals surface area contributed by atoms with E-state index in [-0.39, 0.29) is 11.8 Å². The predicted octanol–water partition coefficient (Wildman–Crippen LogP) is 1.36. The van der Waals surface area contributed by atoms with Gasteiger partial charge in [0.05, 0.1) is 12.1 Å². The van der Waals surface area contributed by atoms with Gasteiger partial charge in [0.15, 0.2) is 17.5 Å². The van der Waals surface area contributed by atoms with E-state index in [1.54, 1.807) is 0 Å². The summed E-state index contributed by atoms with van der Waals surface area (Å²) in [4.78, 5) is 29.1. The molecule has 1 aromatic heterocycles. The Hall–Kier alpha value is -3.85. The monoisotopic (exact) mass is 391 g/mol. The average Bonchev–Trinajstić information content (AvgIpc) is 2.74. The van der Waals surface area contributed by atoms with Crippen molar-refractivity contribution in [2.24, 2.45) is 21.5 Å². The highest BCUT2D eigenvalue weighted by molar-refractivity contribution is 6.38. The maximum absolute atomic E-state index is 11.9. The normalized spacial score (nSPS) is 12.2. The lowest BCUT2D eigenvalue weighted by Gasteiger charge is -2.06. The Kier molecular flexibility index (Phi) is 6.43. The second-order valence-electron chi connectivity index (χ2n) is 5.97. The van der Waals surface area contributed by atoms with Gasteiger partial charge >= 0.3 is 0 Å². The van der Waals surface area contributed by atoms with Gasteiger partial charge in [-0.05, 0) is 12.1 Å². The molecule has 148 valence electrons. The molecule has 0 saturated carbocycles. The number of carbonyl (C=O) groups is 1. The van der Waals surface area contributed by atoms with Crippen LogP contribution in [0.4, 0.5) is 5.82 Å². The van der Waals surface area contributed by atoms with Crippen LogP contribution in [0.2, 0.25) is 0 Å². The molecule has 0 aliphatic rings. The van der Waals surface area contributed by atoms with Gasteiger partial charge in [-0.2, -0.15) is 9.98 Å². The van der Waals surface area contributed by atoms with Crippen LogP contribution in [-0.4, -0.2) is 47.9 Å². The number of rotatable bonds is 5. The fourth-order valence-electron chi connectivity index (χ4n) is 2.53. The third-order valence-electron chi connectivity index (χ3n) is 3.89. The number of aliphatic imine (C=N–C) groups is 2. The van der Waals surface area contributed by atoms with E-state index >= 15 is 0 Å². The van der Waals surface area contributed by atoms with Crippen molar-refractivity contribution < 1.29 is 9.53 Å². The van der Waals surface area contributed by atoms with Crippen LogP contribution < -0.4 is 16.8 Å². The van der Waals surface area contributed by atoms with Crippen molar-refractivity contribution in [3.63, 3.8) is 0 Å². The maximum atomic E-state index is 11.9. The molecule has 0 unspecified atom stereocenters. The average molecular weight is 391 g/mol. The van der Waals surface area contributed by atoms with E-state index in [0.717, 1.165) is 5.56 Å². The molecule has 0 fully saturated rings. The Balaban J connectivity index is 1.95. The second kappa shape index (κ2) is 9.38. The summed E-state index contributed by atoms with van der Waals surface area (Å²) in [6.45, 7) is 0.664. The van der Waals surface area contributed by atoms with E-state index in [2.05, 4.69) is 25.3 Å². The van der Waals surface area contributed by atoms with Crippen molar-refractivity contribution >= 4 is 34.4 Å². The number of para-hydroxylation sites is 1. The number of amidine groups is 1. The van der Waals surface area contributed by atoms with Crippen LogP contribution in [0.25, 0.3) is 22.3 Å². The van der Waals surface area contributed by atoms with Gasteiger partial charge in [0.1, 0.15) is 0 Å². The molecule has 0 spiro atoms. The number of ether oxygens (including phenoxy) is 1. The quantitative estimate of drug-likeness (QED) is 0.341. The Bertz CT molecular complexity index is 1060. The van der Waals surface area contributed by atoms with Gasteiger partial charge in [0.25, 0.3) is 5.91 Å². The molecule has 0 atom stereocenters. The highest BCUT2D eigenvalue weighted by atomic mass is 16.5. The molecule has 3 rings (SSSR count). The van der Waals surface area contributed by atoms with Crippen molar-refractivity contribution in [2.45, 2.75) is 0 Å². The van der Waals surface area contributed by atoms with Crippen LogP contribution in [0, 0.1) is 0 Å². The minimum absolute atomic E-state index is 0.188. The summed E-state index contributed by atoms with van der Waals surface area (Å²) in [6.07, 6.45) is 0. The summed E-state index contributed by atoms with van der Waals surface area (Å²) in [5.74, 6) is -0.206. The van der Waals surface area contributed by atoms with Crippen LogP contribution in [0.15, 0.2) is 64.6 Å². The molecule has 3 aromatic rings. The highest BCUT2D eigenvalue weighted by Crippen LogP contribution is 2.26. The number of aromatic nitrogens is 2. The summed E-state index contributed by atoms with van der Waals surface area (Å²) in [6, 6.07) is 16.9. The first kappa shape index (κ1) is 19.9. The van der Waals surface area contributed by atoms with E-state index < -0.39 is 5.91 Å². The van der Waals surface area contributed by atoms with Gasteiger partial charge in [-0.3, -0.25) is 4.79 Å². The number of benzene rings is 2. The maximum Gasteiger partial charge on any atom is 0.286 e. The highest BCUT2D eigenvalue weighted by Gasteiger charge is 2.10. The first-order valence-corrected chi connectivity index (χ1v) is 8.86. The van der Waals surface area contributed by atoms with Crippen molar-refractivity contribution in [3.8, 4) is 11.4 Å². The Morgan fingerprint density at radius 1 is 1.07 bits per heavy atom. The number of nitrogens with zero attached hydrogens (tertiary/aromatic N) is 4. The van der Waals surface area contributed by atoms with Crippen LogP contribution >= 0.6 is 0 Å². The number of fused-ring (bicyclic) bond motifs is 1. The topological polar surface area (TPSA) is 141 Å². The van der Waals surface area contributed by atoms with Gasteiger partial charge in [-0.25, -0.2) is 9.97 Å². The van der Waals surface area contributed by atoms with Gasteiger partial charge in [-0.1, -0.05) is 42.5 Å². The van der Waals surface area contributed by atoms with Crippen LogP contribution in [0.3, 0.4) is 0 Å². The first-order valence-electron chi connectivity index (χ1n) is 8.86. The van der Waals surface area contributed by atoms with Crippen LogP contribution in [0.5, 0.6) is 0 Å². The SMILES string of the molecule is COCCNC(=O)/C(N)=N/C(N)=Nc1nc(-c2ccccc2)nc2ccccc12. The van der Waals surface area contributed by atoms with Gasteiger partial charge in [-0.15, -0.1) is 0 Å². The zero-order valence-electron chi connectivity index (χ0n) is 15.9. The summed E-state index contributed by atoms with van der Waals surface area (Å²) in [5.41, 5.74) is 13.1. The molecule has 0 aliphatic heterocycles. The van der Waals surface area contributed by atoms with Crippen LogP contribution in [0.1, 0.15) is 0 Å². The number of hydrogen-bond acceptors (Lipinski definition) is 5. The lowest BCUT2D eigenvalue weighted by molar-refractivity contribution is -0.115. The fraction of sp³-hybridized carbons (Fsp3) is 0.150. The molecule has 29 heavy (non-hydrogen) atoms. The largest absolute Gasteiger partial charge is 0.383 e. The van der Waals surface area contributed by atoms with E-state index in [1.165, 1.54) is 7.11 Å². The number of hydrogen-bond donors (Lipinski definition) is 3. The molecule has 9 heteroatoms. The Morgan fingerprint density at radius 2 is 1.79 bits per heavy atom. The minimum Gasteiger partial charge on any atom is -0.383 e. The van der Waals surface area contributed by atoms with Crippen molar-refractivity contribution in [3.05, 3.63) is 54.6 Å². The van der Waals surface area contributed by atoms with E-state index in [4.69, 9.17) is 16.2 Å². The van der Waals surface area contributed by atoms with E-state index in [9.17, 15) is 4.79 Å². The lowest BCUT2D eigenvalue weighted by Crippen LogP contribution is -2.39. The summed E-state index contributed by atoms with van der Waals surface area (Å²) >= 11 is 0. The van der Waals surface area contributed by atoms with E-state index in [0.29, 0.717) is 35.7 Å². The molecular weight excluding hydrogens is 370 g/mol. The van der Waals surface area contributed by atoms with Crippen molar-refractivity contribution in [2.75, 3.05) is 20.3 Å². The first-order chi connectivity index (χ1) is 14.1. The Morgan fingerprint density at radius 3 is 2.55 bits per heavy atom. The van der Waals surface area contributed by atoms with Gasteiger partial charge in [0.2, 0.25) is 5.96 Å². The molecule has 0 saturated heterocycles. The third-order valence-corrected chi connectivity index (χ3v) is 3.89. The predicted molar refractivity (Wildman–Crippen MR) is 113 cm³/mol. The molecule has 1 amide bonds. The Labute approximate surface area is 167 Å². The van der Waals surface area contributed by atoms with Gasteiger partial charge < -0.3 is 21.5 Å². The summed E-state index contributed by atoms with van der Waals surface area (Å²) in [5, 5.41) is 3.26. The number of guanidine groups is 1. The zero-order chi connectivity index (χ0) is 20.6. The molecule has 0 bridgehead atoms. The van der Waals surface area contributed by atoms with Crippen molar-refractivity contribution in [1.82, 2.24) is 15.3 Å². The van der Waals surface area contributed by atoms with Crippen molar-refractivity contribution in [1.29, 1.82) is 0 Å². The summed E-state index contributed by atoms with van der Waals surface area (Å²) in [7, 11) is 1.53. The molecular formula is C20H21N7O2. The van der Waals surface area contributed by atoms with Gasteiger partial charge in [0, 0.05) is 24.6 Å². The number of amides is 1. The molecule has 1 heterocycles. The number of carbonyl (C=O) groups excluding carboxylic acids is 1. The summed E-state index contributed by atoms with van der Waals surface area (Å²) < 4.78 is 4.86. The number of nitrogens with two attached hydrogens (primary N) is 2. The molecule has 5 N–H and O–H groups in total. The smallest absolute Gasteiger partial charge is 0.286 e. The molecule has 0 radical (unpaired) electrons. The third kappa shape index (κ3) is 5.11.